The van der Waals surface area contributed by atoms with Gasteiger partial charge in [-0.1, -0.05) is 0 Å². The van der Waals surface area contributed by atoms with Gasteiger partial charge in [-0.2, -0.15) is 0 Å². The molecule has 0 aliphatic carbocycles. The predicted molar refractivity (Wildman–Crippen MR) is 96.5 cm³/mol. The van der Waals surface area contributed by atoms with Gasteiger partial charge in [0.1, 0.15) is 11.6 Å². The summed E-state index contributed by atoms with van der Waals surface area (Å²) in [6.07, 6.45) is 0.440. The average molecular weight is 396 g/mol. The quantitative estimate of drug-likeness (QED) is 0.364. The van der Waals surface area contributed by atoms with Crippen molar-refractivity contribution < 1.29 is 22.3 Å². The minimum Gasteiger partial charge on any atom is -0.294 e. The highest BCUT2D eigenvalue weighted by Gasteiger charge is 2.19. The Kier molecular flexibility index (Phi) is 5.82. The fourth-order valence-corrected chi connectivity index (χ4v) is 3.62. The van der Waals surface area contributed by atoms with E-state index in [0.29, 0.717) is 6.42 Å². The number of fused-ring (bicyclic) bond motifs is 1. The standard InChI is InChI=1S/C17H14F2N2O3S2/c18-12-6-10(2-1-5-21-26(23)24)16(19)13(8-12)17(22)11-3-4-14-15(7-11)25-9-20-14/h3-4,6-9,21H,1-2,5H2,(H,23,24). The number of nitrogens with zero attached hydrogens (tertiary/aromatic N) is 1. The lowest BCUT2D eigenvalue weighted by molar-refractivity contribution is 0.103. The van der Waals surface area contributed by atoms with Gasteiger partial charge >= 0.3 is 0 Å². The Morgan fingerprint density at radius 1 is 1.27 bits per heavy atom. The Morgan fingerprint density at radius 2 is 2.08 bits per heavy atom. The molecular formula is C17H14F2N2O3S2. The van der Waals surface area contributed by atoms with Gasteiger partial charge < -0.3 is 0 Å². The van der Waals surface area contributed by atoms with E-state index < -0.39 is 28.7 Å². The number of thiazole rings is 1. The van der Waals surface area contributed by atoms with Crippen LogP contribution >= 0.6 is 11.3 Å². The number of halogens is 2. The van der Waals surface area contributed by atoms with Gasteiger partial charge in [0.2, 0.25) is 11.3 Å². The lowest BCUT2D eigenvalue weighted by Crippen LogP contribution is -2.18. The molecule has 0 aliphatic rings. The summed E-state index contributed by atoms with van der Waals surface area (Å²) in [5.41, 5.74) is 2.36. The highest BCUT2D eigenvalue weighted by atomic mass is 32.2. The van der Waals surface area contributed by atoms with E-state index >= 15 is 0 Å². The Labute approximate surface area is 154 Å². The molecule has 2 aromatic carbocycles. The minimum absolute atomic E-state index is 0.0535. The number of hydrogen-bond acceptors (Lipinski definition) is 4. The van der Waals surface area contributed by atoms with Gasteiger partial charge in [0.15, 0.2) is 5.78 Å². The first-order valence-corrected chi connectivity index (χ1v) is 9.64. The summed E-state index contributed by atoms with van der Waals surface area (Å²) in [5, 5.41) is 0. The number of hydrogen-bond donors (Lipinski definition) is 2. The summed E-state index contributed by atoms with van der Waals surface area (Å²) < 4.78 is 50.8. The van der Waals surface area contributed by atoms with Crippen LogP contribution in [0.25, 0.3) is 10.2 Å². The van der Waals surface area contributed by atoms with Crippen LogP contribution in [0.5, 0.6) is 0 Å². The molecule has 0 aliphatic heterocycles. The number of rotatable bonds is 7. The molecule has 1 aromatic heterocycles. The predicted octanol–water partition coefficient (Wildman–Crippen LogP) is 3.46. The van der Waals surface area contributed by atoms with Crippen LogP contribution in [0.2, 0.25) is 0 Å². The Hall–Kier alpha value is -2.07. The molecule has 136 valence electrons. The maximum Gasteiger partial charge on any atom is 0.231 e. The van der Waals surface area contributed by atoms with Crippen LogP contribution in [0, 0.1) is 11.6 Å². The van der Waals surface area contributed by atoms with Gasteiger partial charge in [-0.15, -0.1) is 11.3 Å². The molecule has 3 rings (SSSR count). The lowest BCUT2D eigenvalue weighted by atomic mass is 9.98. The van der Waals surface area contributed by atoms with Gasteiger partial charge in [-0.25, -0.2) is 22.7 Å². The maximum atomic E-state index is 14.7. The monoisotopic (exact) mass is 396 g/mol. The molecule has 1 unspecified atom stereocenters. The normalized spacial score (nSPS) is 12.4. The molecule has 2 N–H and O–H groups in total. The third kappa shape index (κ3) is 4.18. The second-order valence-electron chi connectivity index (χ2n) is 5.54. The second kappa shape index (κ2) is 8.09. The largest absolute Gasteiger partial charge is 0.294 e. The topological polar surface area (TPSA) is 79.3 Å². The summed E-state index contributed by atoms with van der Waals surface area (Å²) in [7, 11) is 0. The van der Waals surface area contributed by atoms with Gasteiger partial charge in [0, 0.05) is 12.1 Å². The van der Waals surface area contributed by atoms with E-state index in [1.165, 1.54) is 17.4 Å². The van der Waals surface area contributed by atoms with Crippen molar-refractivity contribution in [3.63, 3.8) is 0 Å². The van der Waals surface area contributed by atoms with Gasteiger partial charge in [-0.05, 0) is 48.7 Å². The Morgan fingerprint density at radius 3 is 2.85 bits per heavy atom. The van der Waals surface area contributed by atoms with Crippen molar-refractivity contribution in [1.82, 2.24) is 9.71 Å². The molecule has 5 nitrogen and oxygen atoms in total. The second-order valence-corrected chi connectivity index (χ2v) is 7.21. The maximum absolute atomic E-state index is 14.7. The van der Waals surface area contributed by atoms with E-state index in [9.17, 15) is 17.8 Å². The zero-order chi connectivity index (χ0) is 18.7. The number of carbonyl (C=O) groups is 1. The van der Waals surface area contributed by atoms with Crippen molar-refractivity contribution in [3.8, 4) is 0 Å². The first-order valence-electron chi connectivity index (χ1n) is 7.66. The summed E-state index contributed by atoms with van der Waals surface area (Å²) in [5.74, 6) is -2.08. The van der Waals surface area contributed by atoms with Crippen molar-refractivity contribution >= 4 is 38.6 Å². The summed E-state index contributed by atoms with van der Waals surface area (Å²) >= 11 is -0.797. The summed E-state index contributed by atoms with van der Waals surface area (Å²) in [6.45, 7) is 0.157. The SMILES string of the molecule is O=C(c1ccc2ncsc2c1)c1cc(F)cc(CCCNS(=O)O)c1F. The van der Waals surface area contributed by atoms with Crippen LogP contribution in [0.1, 0.15) is 27.9 Å². The van der Waals surface area contributed by atoms with Gasteiger partial charge in [-0.3, -0.25) is 9.35 Å². The number of benzene rings is 2. The number of ketones is 1. The van der Waals surface area contributed by atoms with E-state index in [4.69, 9.17) is 4.55 Å². The molecule has 9 heteroatoms. The average Bonchev–Trinajstić information content (AvgIpc) is 3.08. The van der Waals surface area contributed by atoms with Crippen LogP contribution in [0.4, 0.5) is 8.78 Å². The molecule has 0 amide bonds. The van der Waals surface area contributed by atoms with E-state index in [2.05, 4.69) is 9.71 Å². The number of nitrogens with one attached hydrogen (secondary N) is 1. The van der Waals surface area contributed by atoms with Crippen molar-refractivity contribution in [3.05, 3.63) is 64.2 Å². The van der Waals surface area contributed by atoms with Crippen molar-refractivity contribution in [1.29, 1.82) is 0 Å². The van der Waals surface area contributed by atoms with E-state index in [0.717, 1.165) is 22.3 Å². The zero-order valence-corrected chi connectivity index (χ0v) is 15.0. The fourth-order valence-electron chi connectivity index (χ4n) is 2.58. The lowest BCUT2D eigenvalue weighted by Gasteiger charge is -2.09. The highest BCUT2D eigenvalue weighted by Crippen LogP contribution is 2.24. The third-order valence-corrected chi connectivity index (χ3v) is 5.04. The van der Waals surface area contributed by atoms with E-state index in [-0.39, 0.29) is 29.7 Å². The molecule has 0 radical (unpaired) electrons. The van der Waals surface area contributed by atoms with Crippen molar-refractivity contribution in [2.24, 2.45) is 0 Å². The van der Waals surface area contributed by atoms with E-state index in [1.54, 1.807) is 17.6 Å². The van der Waals surface area contributed by atoms with Crippen LogP contribution < -0.4 is 4.72 Å². The number of aryl methyl sites for hydroxylation is 1. The zero-order valence-electron chi connectivity index (χ0n) is 13.4. The molecule has 0 bridgehead atoms. The molecule has 0 saturated heterocycles. The molecule has 1 heterocycles. The summed E-state index contributed by atoms with van der Waals surface area (Å²) in [4.78, 5) is 16.8. The van der Waals surface area contributed by atoms with Gasteiger partial charge in [0.25, 0.3) is 0 Å². The molecule has 0 saturated carbocycles. The molecule has 26 heavy (non-hydrogen) atoms. The number of carbonyl (C=O) groups excluding carboxylic acids is 1. The molecule has 1 atom stereocenters. The smallest absolute Gasteiger partial charge is 0.231 e. The van der Waals surface area contributed by atoms with Crippen LogP contribution in [-0.2, 0) is 17.7 Å². The van der Waals surface area contributed by atoms with Crippen molar-refractivity contribution in [2.45, 2.75) is 12.8 Å². The summed E-state index contributed by atoms with van der Waals surface area (Å²) in [6, 6.07) is 6.74. The fraction of sp³-hybridized carbons (Fsp3) is 0.176. The van der Waals surface area contributed by atoms with Crippen molar-refractivity contribution in [2.75, 3.05) is 6.54 Å². The first kappa shape index (κ1) is 18.7. The first-order chi connectivity index (χ1) is 12.5. The van der Waals surface area contributed by atoms with Gasteiger partial charge in [0.05, 0.1) is 21.3 Å². The Bertz CT molecular complexity index is 991. The highest BCUT2D eigenvalue weighted by molar-refractivity contribution is 7.77. The van der Waals surface area contributed by atoms with Crippen LogP contribution in [0.15, 0.2) is 35.8 Å². The Balaban J connectivity index is 1.86. The third-order valence-electron chi connectivity index (χ3n) is 3.80. The van der Waals surface area contributed by atoms with Crippen LogP contribution in [0.3, 0.4) is 0 Å². The number of aromatic nitrogens is 1. The molecule has 0 fully saturated rings. The van der Waals surface area contributed by atoms with Crippen LogP contribution in [-0.4, -0.2) is 26.1 Å². The minimum atomic E-state index is -2.15. The molecular weight excluding hydrogens is 382 g/mol. The molecule has 3 aromatic rings. The van der Waals surface area contributed by atoms with E-state index in [1.807, 2.05) is 0 Å². The molecule has 0 spiro atoms.